The maximum Gasteiger partial charge on any atom is 0.238 e. The Bertz CT molecular complexity index is 412. The van der Waals surface area contributed by atoms with Gasteiger partial charge < -0.3 is 9.88 Å². The number of alkyl halides is 1. The van der Waals surface area contributed by atoms with Crippen LogP contribution in [0, 0.1) is 0 Å². The van der Waals surface area contributed by atoms with Gasteiger partial charge in [-0.3, -0.25) is 4.79 Å². The molecule has 0 aromatic carbocycles. The second-order valence-electron chi connectivity index (χ2n) is 4.50. The molecule has 0 saturated heterocycles. The van der Waals surface area contributed by atoms with Gasteiger partial charge in [-0.05, 0) is 19.8 Å². The zero-order valence-electron chi connectivity index (χ0n) is 10.1. The van der Waals surface area contributed by atoms with Crippen LogP contribution in [0.3, 0.4) is 0 Å². The molecule has 1 aromatic rings. The highest BCUT2D eigenvalue weighted by Crippen LogP contribution is 2.34. The van der Waals surface area contributed by atoms with Crippen molar-refractivity contribution in [1.29, 1.82) is 0 Å². The average molecular weight is 257 g/mol. The molecule has 1 fully saturated rings. The van der Waals surface area contributed by atoms with Crippen LogP contribution >= 0.6 is 11.6 Å². The molecular weight excluding hydrogens is 240 g/mol. The van der Waals surface area contributed by atoms with Gasteiger partial charge in [-0.1, -0.05) is 6.42 Å². The van der Waals surface area contributed by atoms with Crippen molar-refractivity contribution in [2.75, 3.05) is 0 Å². The minimum atomic E-state index is -0.519. The van der Waals surface area contributed by atoms with E-state index in [-0.39, 0.29) is 5.91 Å². The molecule has 1 N–H and O–H groups in total. The number of carbonyl (C=O) groups is 1. The zero-order chi connectivity index (χ0) is 12.4. The predicted molar refractivity (Wildman–Crippen MR) is 64.8 cm³/mol. The molecule has 0 radical (unpaired) electrons. The first-order chi connectivity index (χ1) is 8.09. The Morgan fingerprint density at radius 3 is 2.82 bits per heavy atom. The Hall–Kier alpha value is -1.10. The molecular formula is C11H17ClN4O. The normalized spacial score (nSPS) is 17.6. The van der Waals surface area contributed by atoms with Crippen LogP contribution in [0.15, 0.2) is 0 Å². The van der Waals surface area contributed by atoms with E-state index in [0.717, 1.165) is 11.6 Å². The van der Waals surface area contributed by atoms with Crippen LogP contribution in [-0.2, 0) is 18.4 Å². The van der Waals surface area contributed by atoms with Gasteiger partial charge in [0, 0.05) is 13.0 Å². The first kappa shape index (κ1) is 12.4. The SMILES string of the molecule is CC(Cl)C(=O)NCc1nnc(C2CCC2)n1C. The number of hydrogen-bond donors (Lipinski definition) is 1. The molecule has 1 heterocycles. The highest BCUT2D eigenvalue weighted by atomic mass is 35.5. The fraction of sp³-hybridized carbons (Fsp3) is 0.727. The lowest BCUT2D eigenvalue weighted by Crippen LogP contribution is -2.30. The van der Waals surface area contributed by atoms with E-state index in [2.05, 4.69) is 15.5 Å². The summed E-state index contributed by atoms with van der Waals surface area (Å²) in [6.07, 6.45) is 3.65. The van der Waals surface area contributed by atoms with Gasteiger partial charge in [0.2, 0.25) is 5.91 Å². The molecule has 0 spiro atoms. The van der Waals surface area contributed by atoms with Crippen molar-refractivity contribution in [2.45, 2.75) is 44.0 Å². The van der Waals surface area contributed by atoms with Crippen LogP contribution in [0.2, 0.25) is 0 Å². The van der Waals surface area contributed by atoms with E-state index in [0.29, 0.717) is 12.5 Å². The molecule has 1 unspecified atom stereocenters. The molecule has 0 aliphatic heterocycles. The minimum absolute atomic E-state index is 0.181. The van der Waals surface area contributed by atoms with Crippen LogP contribution in [0.5, 0.6) is 0 Å². The Morgan fingerprint density at radius 2 is 2.29 bits per heavy atom. The van der Waals surface area contributed by atoms with E-state index in [1.54, 1.807) is 6.92 Å². The van der Waals surface area contributed by atoms with E-state index in [9.17, 15) is 4.79 Å². The standard InChI is InChI=1S/C11H17ClN4O/c1-7(12)11(17)13-6-9-14-15-10(16(9)2)8-4-3-5-8/h7-8H,3-6H2,1-2H3,(H,13,17). The lowest BCUT2D eigenvalue weighted by molar-refractivity contribution is -0.120. The molecule has 2 rings (SSSR count). The van der Waals surface area contributed by atoms with Crippen LogP contribution in [0.4, 0.5) is 0 Å². The van der Waals surface area contributed by atoms with Gasteiger partial charge in [0.1, 0.15) is 11.2 Å². The van der Waals surface area contributed by atoms with E-state index in [1.807, 2.05) is 11.6 Å². The molecule has 94 valence electrons. The minimum Gasteiger partial charge on any atom is -0.348 e. The number of halogens is 1. The molecule has 6 heteroatoms. The van der Waals surface area contributed by atoms with Gasteiger partial charge in [-0.2, -0.15) is 0 Å². The quantitative estimate of drug-likeness (QED) is 0.827. The summed E-state index contributed by atoms with van der Waals surface area (Å²) < 4.78 is 1.98. The number of nitrogens with zero attached hydrogens (tertiary/aromatic N) is 3. The summed E-state index contributed by atoms with van der Waals surface area (Å²) >= 11 is 5.67. The van der Waals surface area contributed by atoms with Gasteiger partial charge in [0.15, 0.2) is 5.82 Å². The van der Waals surface area contributed by atoms with Crippen LogP contribution in [0.1, 0.15) is 43.8 Å². The van der Waals surface area contributed by atoms with E-state index >= 15 is 0 Å². The molecule has 17 heavy (non-hydrogen) atoms. The zero-order valence-corrected chi connectivity index (χ0v) is 10.9. The van der Waals surface area contributed by atoms with Gasteiger partial charge >= 0.3 is 0 Å². The number of hydrogen-bond acceptors (Lipinski definition) is 3. The summed E-state index contributed by atoms with van der Waals surface area (Å²) in [5.41, 5.74) is 0. The topological polar surface area (TPSA) is 59.8 Å². The monoisotopic (exact) mass is 256 g/mol. The second-order valence-corrected chi connectivity index (χ2v) is 5.15. The summed E-state index contributed by atoms with van der Waals surface area (Å²) in [6, 6.07) is 0. The highest BCUT2D eigenvalue weighted by molar-refractivity contribution is 6.30. The molecule has 5 nitrogen and oxygen atoms in total. The van der Waals surface area contributed by atoms with Gasteiger partial charge in [0.25, 0.3) is 0 Å². The van der Waals surface area contributed by atoms with Crippen molar-refractivity contribution in [3.05, 3.63) is 11.6 Å². The third kappa shape index (κ3) is 2.60. The summed E-state index contributed by atoms with van der Waals surface area (Å²) in [6.45, 7) is 2.03. The molecule has 0 bridgehead atoms. The maximum absolute atomic E-state index is 11.3. The number of rotatable bonds is 4. The second kappa shape index (κ2) is 5.04. The molecule has 1 amide bonds. The first-order valence-corrected chi connectivity index (χ1v) is 6.33. The Morgan fingerprint density at radius 1 is 1.59 bits per heavy atom. The Balaban J connectivity index is 1.97. The lowest BCUT2D eigenvalue weighted by Gasteiger charge is -2.24. The van der Waals surface area contributed by atoms with Crippen molar-refractivity contribution >= 4 is 17.5 Å². The third-order valence-corrected chi connectivity index (χ3v) is 3.45. The summed E-state index contributed by atoms with van der Waals surface area (Å²) in [5, 5.41) is 10.5. The average Bonchev–Trinajstić information content (AvgIpc) is 2.55. The lowest BCUT2D eigenvalue weighted by atomic mass is 9.85. The summed E-state index contributed by atoms with van der Waals surface area (Å²) in [7, 11) is 1.94. The molecule has 1 atom stereocenters. The van der Waals surface area contributed by atoms with E-state index < -0.39 is 5.38 Å². The largest absolute Gasteiger partial charge is 0.348 e. The van der Waals surface area contributed by atoms with Crippen LogP contribution in [0.25, 0.3) is 0 Å². The summed E-state index contributed by atoms with van der Waals surface area (Å²) in [4.78, 5) is 11.3. The first-order valence-electron chi connectivity index (χ1n) is 5.89. The molecule has 1 aromatic heterocycles. The molecule has 1 saturated carbocycles. The number of aromatic nitrogens is 3. The van der Waals surface area contributed by atoms with E-state index in [4.69, 9.17) is 11.6 Å². The van der Waals surface area contributed by atoms with Gasteiger partial charge in [0.05, 0.1) is 6.54 Å². The predicted octanol–water partition coefficient (Wildman–Crippen LogP) is 1.33. The van der Waals surface area contributed by atoms with Crippen molar-refractivity contribution in [2.24, 2.45) is 7.05 Å². The number of amides is 1. The van der Waals surface area contributed by atoms with Crippen molar-refractivity contribution in [3.8, 4) is 0 Å². The van der Waals surface area contributed by atoms with Crippen molar-refractivity contribution in [3.63, 3.8) is 0 Å². The Kier molecular flexibility index (Phi) is 3.66. The fourth-order valence-corrected chi connectivity index (χ4v) is 1.94. The third-order valence-electron chi connectivity index (χ3n) is 3.25. The van der Waals surface area contributed by atoms with Gasteiger partial charge in [-0.15, -0.1) is 21.8 Å². The molecule has 1 aliphatic carbocycles. The maximum atomic E-state index is 11.3. The number of nitrogens with one attached hydrogen (secondary N) is 1. The van der Waals surface area contributed by atoms with Gasteiger partial charge in [-0.25, -0.2) is 0 Å². The fourth-order valence-electron chi connectivity index (χ4n) is 1.86. The number of carbonyl (C=O) groups excluding carboxylic acids is 1. The summed E-state index contributed by atoms with van der Waals surface area (Å²) in [5.74, 6) is 2.17. The molecule has 1 aliphatic rings. The highest BCUT2D eigenvalue weighted by Gasteiger charge is 2.25. The van der Waals surface area contributed by atoms with E-state index in [1.165, 1.54) is 19.3 Å². The Labute approximate surface area is 106 Å². The van der Waals surface area contributed by atoms with Crippen LogP contribution < -0.4 is 5.32 Å². The smallest absolute Gasteiger partial charge is 0.238 e. The van der Waals surface area contributed by atoms with Crippen molar-refractivity contribution in [1.82, 2.24) is 20.1 Å². The van der Waals surface area contributed by atoms with Crippen molar-refractivity contribution < 1.29 is 4.79 Å². The van der Waals surface area contributed by atoms with Crippen LogP contribution in [-0.4, -0.2) is 26.0 Å².